The van der Waals surface area contributed by atoms with Crippen LogP contribution < -0.4 is 0 Å². The van der Waals surface area contributed by atoms with Crippen molar-refractivity contribution in [2.24, 2.45) is 0 Å². The van der Waals surface area contributed by atoms with E-state index in [-0.39, 0.29) is 0 Å². The van der Waals surface area contributed by atoms with Crippen molar-refractivity contribution < 1.29 is 0 Å². The Morgan fingerprint density at radius 3 is 0.679 bits per heavy atom. The standard InChI is InChI=1S/C56H38/c1-35-27-29-45(39-17-5-3-15-37(35)39)47-31-33-53(43-21-9-7-19-41(43)47)55-49-23-11-13-25-51(49)56(52-26-14-12-24-50(52)55)54-34-32-48(42-20-8-10-22-44(42)54)46-30-28-36(2)38-16-4-6-18-40(38)46/h3-34H,1-2H3. The molecule has 0 atom stereocenters. The van der Waals surface area contributed by atoms with Crippen molar-refractivity contribution in [2.45, 2.75) is 13.8 Å². The molecule has 0 radical (unpaired) electrons. The Morgan fingerprint density at radius 2 is 0.375 bits per heavy atom. The maximum Gasteiger partial charge on any atom is -0.00201 e. The average molecular weight is 711 g/mol. The molecule has 0 unspecified atom stereocenters. The summed E-state index contributed by atoms with van der Waals surface area (Å²) >= 11 is 0. The number of fused-ring (bicyclic) bond motifs is 6. The summed E-state index contributed by atoms with van der Waals surface area (Å²) in [6, 6.07) is 72.2. The molecule has 56 heavy (non-hydrogen) atoms. The molecule has 0 saturated heterocycles. The van der Waals surface area contributed by atoms with Gasteiger partial charge >= 0.3 is 0 Å². The van der Waals surface area contributed by atoms with Crippen LogP contribution in [0.25, 0.3) is 109 Å². The monoisotopic (exact) mass is 710 g/mol. The minimum Gasteiger partial charge on any atom is -0.0616 e. The molecule has 0 aliphatic heterocycles. The Kier molecular flexibility index (Phi) is 7.41. The summed E-state index contributed by atoms with van der Waals surface area (Å²) in [7, 11) is 0. The summed E-state index contributed by atoms with van der Waals surface area (Å²) < 4.78 is 0. The molecule has 11 aromatic carbocycles. The van der Waals surface area contributed by atoms with Crippen molar-refractivity contribution in [2.75, 3.05) is 0 Å². The smallest absolute Gasteiger partial charge is 0.00201 e. The molecular weight excluding hydrogens is 673 g/mol. The Labute approximate surface area is 326 Å². The van der Waals surface area contributed by atoms with Gasteiger partial charge in [-0.25, -0.2) is 0 Å². The first-order chi connectivity index (χ1) is 27.7. The van der Waals surface area contributed by atoms with Crippen LogP contribution in [0.1, 0.15) is 11.1 Å². The van der Waals surface area contributed by atoms with Crippen LogP contribution in [0.15, 0.2) is 194 Å². The van der Waals surface area contributed by atoms with E-state index >= 15 is 0 Å². The van der Waals surface area contributed by atoms with E-state index in [1.165, 1.54) is 120 Å². The first-order valence-electron chi connectivity index (χ1n) is 19.6. The molecule has 0 N–H and O–H groups in total. The van der Waals surface area contributed by atoms with Gasteiger partial charge in [0.15, 0.2) is 0 Å². The second kappa shape index (κ2) is 12.8. The van der Waals surface area contributed by atoms with Crippen molar-refractivity contribution in [1.82, 2.24) is 0 Å². The van der Waals surface area contributed by atoms with Crippen LogP contribution in [0.3, 0.4) is 0 Å². The zero-order valence-corrected chi connectivity index (χ0v) is 31.5. The molecule has 0 bridgehead atoms. The highest BCUT2D eigenvalue weighted by Gasteiger charge is 2.21. The Morgan fingerprint density at radius 1 is 0.179 bits per heavy atom. The lowest BCUT2D eigenvalue weighted by molar-refractivity contribution is 1.53. The van der Waals surface area contributed by atoms with Gasteiger partial charge in [-0.05, 0) is 134 Å². The van der Waals surface area contributed by atoms with Crippen molar-refractivity contribution in [3.63, 3.8) is 0 Å². The summed E-state index contributed by atoms with van der Waals surface area (Å²) in [4.78, 5) is 0. The number of benzene rings is 11. The molecule has 0 saturated carbocycles. The molecule has 0 heteroatoms. The van der Waals surface area contributed by atoms with Gasteiger partial charge in [0.2, 0.25) is 0 Å². The lowest BCUT2D eigenvalue weighted by Gasteiger charge is -2.21. The molecule has 11 aromatic rings. The molecule has 262 valence electrons. The molecule has 0 spiro atoms. The van der Waals surface area contributed by atoms with E-state index in [4.69, 9.17) is 0 Å². The predicted octanol–water partition coefficient (Wildman–Crippen LogP) is 15.9. The zero-order valence-electron chi connectivity index (χ0n) is 31.5. The van der Waals surface area contributed by atoms with Crippen molar-refractivity contribution in [1.29, 1.82) is 0 Å². The molecule has 0 fully saturated rings. The molecule has 0 aliphatic rings. The maximum atomic E-state index is 2.37. The fourth-order valence-electron chi connectivity index (χ4n) is 9.58. The van der Waals surface area contributed by atoms with Crippen LogP contribution in [0.2, 0.25) is 0 Å². The molecular formula is C56H38. The number of rotatable bonds is 4. The first kappa shape index (κ1) is 32.4. The van der Waals surface area contributed by atoms with Gasteiger partial charge in [-0.2, -0.15) is 0 Å². The average Bonchev–Trinajstić information content (AvgIpc) is 3.26. The quantitative estimate of drug-likeness (QED) is 0.160. The Balaban J connectivity index is 1.18. The van der Waals surface area contributed by atoms with Crippen LogP contribution in [-0.4, -0.2) is 0 Å². The third-order valence-electron chi connectivity index (χ3n) is 12.2. The second-order valence-electron chi connectivity index (χ2n) is 15.2. The fraction of sp³-hybridized carbons (Fsp3) is 0.0357. The van der Waals surface area contributed by atoms with Gasteiger partial charge in [0, 0.05) is 0 Å². The van der Waals surface area contributed by atoms with Gasteiger partial charge < -0.3 is 0 Å². The second-order valence-corrected chi connectivity index (χ2v) is 15.2. The van der Waals surface area contributed by atoms with E-state index in [1.807, 2.05) is 0 Å². The van der Waals surface area contributed by atoms with E-state index in [9.17, 15) is 0 Å². The molecule has 0 heterocycles. The number of aryl methyl sites for hydroxylation is 2. The van der Waals surface area contributed by atoms with Gasteiger partial charge in [-0.1, -0.05) is 194 Å². The predicted molar refractivity (Wildman–Crippen MR) is 243 cm³/mol. The third kappa shape index (κ3) is 4.86. The molecule has 0 nitrogen and oxygen atoms in total. The lowest BCUT2D eigenvalue weighted by Crippen LogP contribution is -1.94. The summed E-state index contributed by atoms with van der Waals surface area (Å²) in [5.74, 6) is 0. The van der Waals surface area contributed by atoms with E-state index in [0.717, 1.165) is 0 Å². The van der Waals surface area contributed by atoms with Crippen molar-refractivity contribution in [3.8, 4) is 44.5 Å². The van der Waals surface area contributed by atoms with Crippen LogP contribution in [0, 0.1) is 13.8 Å². The van der Waals surface area contributed by atoms with Crippen LogP contribution >= 0.6 is 0 Å². The van der Waals surface area contributed by atoms with Gasteiger partial charge in [-0.3, -0.25) is 0 Å². The SMILES string of the molecule is Cc1ccc(-c2ccc(-c3c4ccccc4c(-c4ccc(-c5ccc(C)c6ccccc56)c5ccccc45)c4ccccc34)c3ccccc23)c2ccccc12. The molecule has 11 rings (SSSR count). The minimum atomic E-state index is 1.26. The lowest BCUT2D eigenvalue weighted by atomic mass is 9.82. The van der Waals surface area contributed by atoms with Gasteiger partial charge in [0.05, 0.1) is 0 Å². The van der Waals surface area contributed by atoms with Gasteiger partial charge in [0.1, 0.15) is 0 Å². The Hall–Kier alpha value is -7.02. The number of hydrogen-bond donors (Lipinski definition) is 0. The van der Waals surface area contributed by atoms with E-state index in [0.29, 0.717) is 0 Å². The van der Waals surface area contributed by atoms with Crippen molar-refractivity contribution in [3.05, 3.63) is 205 Å². The van der Waals surface area contributed by atoms with Gasteiger partial charge in [0.25, 0.3) is 0 Å². The summed E-state index contributed by atoms with van der Waals surface area (Å²) in [6.07, 6.45) is 0. The van der Waals surface area contributed by atoms with Crippen molar-refractivity contribution >= 4 is 64.6 Å². The highest BCUT2D eigenvalue weighted by atomic mass is 14.2. The normalized spacial score (nSPS) is 11.8. The molecule has 0 amide bonds. The minimum absolute atomic E-state index is 1.26. The summed E-state index contributed by atoms with van der Waals surface area (Å²) in [5, 5.41) is 15.3. The summed E-state index contributed by atoms with van der Waals surface area (Å²) in [6.45, 7) is 4.41. The van der Waals surface area contributed by atoms with Crippen LogP contribution in [0.4, 0.5) is 0 Å². The van der Waals surface area contributed by atoms with E-state index < -0.39 is 0 Å². The largest absolute Gasteiger partial charge is 0.0616 e. The number of hydrogen-bond acceptors (Lipinski definition) is 0. The fourth-order valence-corrected chi connectivity index (χ4v) is 9.58. The highest BCUT2D eigenvalue weighted by molar-refractivity contribution is 6.26. The summed E-state index contributed by atoms with van der Waals surface area (Å²) in [5.41, 5.74) is 12.7. The third-order valence-corrected chi connectivity index (χ3v) is 12.2. The zero-order chi connectivity index (χ0) is 37.3. The van der Waals surface area contributed by atoms with Crippen LogP contribution in [-0.2, 0) is 0 Å². The van der Waals surface area contributed by atoms with Crippen LogP contribution in [0.5, 0.6) is 0 Å². The van der Waals surface area contributed by atoms with E-state index in [1.54, 1.807) is 0 Å². The topological polar surface area (TPSA) is 0 Å². The Bertz CT molecular complexity index is 3100. The van der Waals surface area contributed by atoms with E-state index in [2.05, 4.69) is 208 Å². The highest BCUT2D eigenvalue weighted by Crippen LogP contribution is 2.49. The molecule has 0 aromatic heterocycles. The first-order valence-corrected chi connectivity index (χ1v) is 19.6. The van der Waals surface area contributed by atoms with Gasteiger partial charge in [-0.15, -0.1) is 0 Å². The maximum absolute atomic E-state index is 2.37. The molecule has 0 aliphatic carbocycles.